The molecule has 0 radical (unpaired) electrons. The summed E-state index contributed by atoms with van der Waals surface area (Å²) in [7, 11) is 1.46. The van der Waals surface area contributed by atoms with Crippen molar-refractivity contribution in [2.45, 2.75) is 25.7 Å². The minimum Gasteiger partial charge on any atom is -0.504 e. The van der Waals surface area contributed by atoms with E-state index in [4.69, 9.17) is 4.74 Å². The number of benzene rings is 3. The van der Waals surface area contributed by atoms with E-state index in [-0.39, 0.29) is 41.5 Å². The topological polar surface area (TPSA) is 104 Å². The summed E-state index contributed by atoms with van der Waals surface area (Å²) in [5.74, 6) is -4.42. The molecule has 4 amide bonds. The highest BCUT2D eigenvalue weighted by Gasteiger charge is 2.68. The lowest BCUT2D eigenvalue weighted by molar-refractivity contribution is -0.131. The second kappa shape index (κ2) is 10.0. The third-order valence-electron chi connectivity index (χ3n) is 10.2. The first-order chi connectivity index (χ1) is 21.2. The van der Waals surface area contributed by atoms with Gasteiger partial charge in [-0.15, -0.1) is 0 Å². The minimum atomic E-state index is -1.25. The van der Waals surface area contributed by atoms with Crippen LogP contribution in [0.4, 0.5) is 11.4 Å². The first-order valence-corrected chi connectivity index (χ1v) is 14.8. The third-order valence-corrected chi connectivity index (χ3v) is 10.2. The Hall–Kier alpha value is -4.98. The van der Waals surface area contributed by atoms with E-state index >= 15 is 0 Å². The normalized spacial score (nSPS) is 29.2. The summed E-state index contributed by atoms with van der Waals surface area (Å²) in [5.41, 5.74) is 1.84. The smallest absolute Gasteiger partial charge is 0.241 e. The van der Waals surface area contributed by atoms with Crippen LogP contribution >= 0.6 is 0 Å². The first-order valence-electron chi connectivity index (χ1n) is 14.8. The molecule has 0 spiro atoms. The number of nitrogens with zero attached hydrogens (tertiary/aromatic N) is 2. The van der Waals surface area contributed by atoms with Crippen molar-refractivity contribution in [2.75, 3.05) is 16.9 Å². The van der Waals surface area contributed by atoms with Crippen LogP contribution in [0.2, 0.25) is 0 Å². The second-order valence-corrected chi connectivity index (χ2v) is 12.2. The number of carbonyl (C=O) groups is 4. The molecule has 4 aliphatic rings. The molecule has 44 heavy (non-hydrogen) atoms. The van der Waals surface area contributed by atoms with Gasteiger partial charge < -0.3 is 9.84 Å². The van der Waals surface area contributed by atoms with E-state index in [0.717, 1.165) is 11.1 Å². The molecule has 1 saturated carbocycles. The zero-order valence-corrected chi connectivity index (χ0v) is 24.5. The number of rotatable bonds is 5. The lowest BCUT2D eigenvalue weighted by Crippen LogP contribution is -2.48. The second-order valence-electron chi connectivity index (χ2n) is 12.2. The number of hydrogen-bond acceptors (Lipinski definition) is 6. The van der Waals surface area contributed by atoms with Gasteiger partial charge in [0.1, 0.15) is 0 Å². The number of methoxy groups -OCH3 is 1. The molecule has 2 heterocycles. The molecule has 6 atom stereocenters. The Bertz CT molecular complexity index is 1760. The highest BCUT2D eigenvalue weighted by Crippen LogP contribution is 2.64. The van der Waals surface area contributed by atoms with Gasteiger partial charge in [-0.05, 0) is 61.6 Å². The molecule has 3 aromatic rings. The number of allylic oxidation sites excluding steroid dienone is 2. The maximum absolute atomic E-state index is 14.5. The van der Waals surface area contributed by atoms with E-state index in [1.165, 1.54) is 16.9 Å². The average molecular weight is 589 g/mol. The number of fused-ring (bicyclic) bond motifs is 4. The van der Waals surface area contributed by atoms with Crippen LogP contribution in [0.5, 0.6) is 11.5 Å². The molecule has 2 saturated heterocycles. The van der Waals surface area contributed by atoms with Gasteiger partial charge in [-0.2, -0.15) is 0 Å². The highest BCUT2D eigenvalue weighted by atomic mass is 16.5. The number of imide groups is 2. The van der Waals surface area contributed by atoms with Crippen molar-refractivity contribution in [1.29, 1.82) is 0 Å². The van der Waals surface area contributed by atoms with Gasteiger partial charge in [-0.25, -0.2) is 4.90 Å². The van der Waals surface area contributed by atoms with E-state index in [1.54, 1.807) is 67.6 Å². The molecule has 0 aromatic heterocycles. The first kappa shape index (κ1) is 27.8. The maximum atomic E-state index is 14.5. The Balaban J connectivity index is 1.37. The van der Waals surface area contributed by atoms with Gasteiger partial charge in [0.05, 0.1) is 41.7 Å². The fourth-order valence-electron chi connectivity index (χ4n) is 8.13. The molecule has 8 heteroatoms. The lowest BCUT2D eigenvalue weighted by Gasteiger charge is -2.49. The Kier molecular flexibility index (Phi) is 6.35. The van der Waals surface area contributed by atoms with E-state index in [0.29, 0.717) is 23.4 Å². The number of carbonyl (C=O) groups excluding carboxylic acids is 4. The standard InChI is InChI=1S/C36H32N2O6/c1-4-20-13-15-22(16-14-20)37-32(40)24-18-17-23-26(29(24)34(37)42)19-27-33(41)38(21-9-6-5-7-10-21)35(43)36(27,2)30(23)25-11-8-12-28(44-3)31(25)39/h4-17,24,26-27,29-30,39H,1,18-19H2,2-3H3. The van der Waals surface area contributed by atoms with E-state index in [1.807, 2.05) is 24.3 Å². The molecule has 1 N–H and O–H groups in total. The predicted molar refractivity (Wildman–Crippen MR) is 165 cm³/mol. The fraction of sp³-hybridized carbons (Fsp3) is 0.278. The van der Waals surface area contributed by atoms with Crippen molar-refractivity contribution >= 4 is 41.1 Å². The van der Waals surface area contributed by atoms with Crippen LogP contribution in [-0.4, -0.2) is 35.8 Å². The van der Waals surface area contributed by atoms with Crippen molar-refractivity contribution in [3.05, 3.63) is 102 Å². The van der Waals surface area contributed by atoms with Crippen LogP contribution in [0.1, 0.15) is 36.8 Å². The Morgan fingerprint density at radius 1 is 0.864 bits per heavy atom. The summed E-state index contributed by atoms with van der Waals surface area (Å²) in [6.07, 6.45) is 4.21. The SMILES string of the molecule is C=Cc1ccc(N2C(=O)C3CC=C4C(CC5C(=O)N(c6ccccc6)C(=O)C5(C)C4c4cccc(OC)c4O)C3C2=O)cc1. The largest absolute Gasteiger partial charge is 0.504 e. The van der Waals surface area contributed by atoms with Crippen LogP contribution in [0.3, 0.4) is 0 Å². The molecule has 0 bridgehead atoms. The van der Waals surface area contributed by atoms with Gasteiger partial charge in [0, 0.05) is 11.5 Å². The number of ether oxygens (including phenoxy) is 1. The number of para-hydroxylation sites is 2. The summed E-state index contributed by atoms with van der Waals surface area (Å²) in [5, 5.41) is 11.4. The maximum Gasteiger partial charge on any atom is 0.241 e. The van der Waals surface area contributed by atoms with Gasteiger partial charge in [0.15, 0.2) is 11.5 Å². The Labute approximate surface area is 255 Å². The number of phenols is 1. The Morgan fingerprint density at radius 2 is 1.57 bits per heavy atom. The van der Waals surface area contributed by atoms with Gasteiger partial charge in [0.2, 0.25) is 23.6 Å². The van der Waals surface area contributed by atoms with Crippen LogP contribution in [0.15, 0.2) is 91.0 Å². The van der Waals surface area contributed by atoms with Crippen LogP contribution < -0.4 is 14.5 Å². The molecule has 8 nitrogen and oxygen atoms in total. The van der Waals surface area contributed by atoms with Crippen molar-refractivity contribution in [2.24, 2.45) is 29.1 Å². The number of phenolic OH excluding ortho intramolecular Hbond substituents is 1. The monoisotopic (exact) mass is 588 g/mol. The number of anilines is 2. The van der Waals surface area contributed by atoms with Gasteiger partial charge in [0.25, 0.3) is 0 Å². The molecule has 2 aliphatic carbocycles. The zero-order valence-electron chi connectivity index (χ0n) is 24.5. The van der Waals surface area contributed by atoms with Crippen molar-refractivity contribution < 1.29 is 29.0 Å². The fourth-order valence-corrected chi connectivity index (χ4v) is 8.13. The Morgan fingerprint density at radius 3 is 2.25 bits per heavy atom. The average Bonchev–Trinajstić information content (AvgIpc) is 3.41. The van der Waals surface area contributed by atoms with Gasteiger partial charge in [-0.3, -0.25) is 24.1 Å². The zero-order chi connectivity index (χ0) is 30.9. The predicted octanol–water partition coefficient (Wildman–Crippen LogP) is 5.48. The number of hydrogen-bond donors (Lipinski definition) is 1. The molecular formula is C36H32N2O6. The van der Waals surface area contributed by atoms with E-state index in [2.05, 4.69) is 6.58 Å². The summed E-state index contributed by atoms with van der Waals surface area (Å²) in [6.45, 7) is 5.57. The minimum absolute atomic E-state index is 0.111. The number of aromatic hydroxyl groups is 1. The summed E-state index contributed by atoms with van der Waals surface area (Å²) in [6, 6.07) is 21.1. The van der Waals surface area contributed by atoms with Gasteiger partial charge >= 0.3 is 0 Å². The number of amides is 4. The molecule has 6 unspecified atom stereocenters. The van der Waals surface area contributed by atoms with Crippen molar-refractivity contribution in [1.82, 2.24) is 0 Å². The van der Waals surface area contributed by atoms with Crippen molar-refractivity contribution in [3.63, 3.8) is 0 Å². The van der Waals surface area contributed by atoms with Crippen LogP contribution in [0.25, 0.3) is 6.08 Å². The van der Waals surface area contributed by atoms with Gasteiger partial charge in [-0.1, -0.05) is 66.8 Å². The molecule has 2 aliphatic heterocycles. The molecular weight excluding hydrogens is 556 g/mol. The van der Waals surface area contributed by atoms with Crippen molar-refractivity contribution in [3.8, 4) is 11.5 Å². The quantitative estimate of drug-likeness (QED) is 0.313. The molecule has 3 fully saturated rings. The summed E-state index contributed by atoms with van der Waals surface area (Å²) < 4.78 is 5.43. The molecule has 222 valence electrons. The van der Waals surface area contributed by atoms with E-state index in [9.17, 15) is 24.3 Å². The lowest BCUT2D eigenvalue weighted by atomic mass is 9.51. The highest BCUT2D eigenvalue weighted by molar-refractivity contribution is 6.25. The molecule has 3 aromatic carbocycles. The molecule has 7 rings (SSSR count). The van der Waals surface area contributed by atoms with Crippen LogP contribution in [0, 0.1) is 29.1 Å². The van der Waals surface area contributed by atoms with Crippen LogP contribution in [-0.2, 0) is 19.2 Å². The summed E-state index contributed by atoms with van der Waals surface area (Å²) >= 11 is 0. The summed E-state index contributed by atoms with van der Waals surface area (Å²) in [4.78, 5) is 59.2. The van der Waals surface area contributed by atoms with E-state index < -0.39 is 35.0 Å². The third kappa shape index (κ3) is 3.69.